The van der Waals surface area contributed by atoms with Gasteiger partial charge >= 0.3 is 6.03 Å². The third-order valence-electron chi connectivity index (χ3n) is 11.5. The molecule has 3 N–H and O–H groups in total. The molecule has 1 unspecified atom stereocenters. The van der Waals surface area contributed by atoms with Crippen molar-refractivity contribution in [1.29, 1.82) is 0 Å². The van der Waals surface area contributed by atoms with E-state index in [-0.39, 0.29) is 24.4 Å². The van der Waals surface area contributed by atoms with E-state index in [4.69, 9.17) is 5.73 Å². The molecular formula is C51H73FN8O3. The molecular weight excluding hydrogens is 792 g/mol. The lowest BCUT2D eigenvalue weighted by atomic mass is 9.99. The standard InChI is InChI=1S/C51H73FN8O3/c1-8-11-13-20-46(36-53)55-30-26-49(61)56-29-17-21-47(10-3)60(50(62)40(4)37-54-38-41(5)52)51(63)57(7)42(6)18-16-19-43(9-2)35-44-22-24-45(25-23-44)39-58-33-27-48(28-34-58)59-31-14-12-15-32-59/h8-9,11,13,16,18-20,22-25,30,37-38,47-48H,1,5,10,12,14-15,17,21,26-29,31-36,39,53H2,2-4,6-7H3,(H,56,61)/b13-11-,19-16-,40-37+,42-18+,43-9+,46-20+,54-38?,55-30?. The number of nitrogens with zero attached hydrogens (tertiary/aromatic N) is 6. The summed E-state index contributed by atoms with van der Waals surface area (Å²) in [6, 6.07) is 8.70. The monoisotopic (exact) mass is 865 g/mol. The number of urea groups is 1. The molecule has 1 aromatic rings. The van der Waals surface area contributed by atoms with Gasteiger partial charge in [0.15, 0.2) is 0 Å². The zero-order chi connectivity index (χ0) is 46.0. The van der Waals surface area contributed by atoms with Crippen LogP contribution in [0.4, 0.5) is 9.18 Å². The summed E-state index contributed by atoms with van der Waals surface area (Å²) in [5, 5.41) is 2.88. The van der Waals surface area contributed by atoms with Gasteiger partial charge in [0.1, 0.15) is 5.83 Å². The number of hydrogen-bond acceptors (Lipinski definition) is 8. The molecule has 3 rings (SSSR count). The summed E-state index contributed by atoms with van der Waals surface area (Å²) < 4.78 is 13.3. The molecule has 1 aromatic carbocycles. The first-order valence-corrected chi connectivity index (χ1v) is 22.6. The molecule has 11 nitrogen and oxygen atoms in total. The van der Waals surface area contributed by atoms with Crippen LogP contribution >= 0.6 is 0 Å². The highest BCUT2D eigenvalue weighted by Crippen LogP contribution is 2.23. The maximum atomic E-state index is 14.2. The highest BCUT2D eigenvalue weighted by atomic mass is 19.1. The predicted octanol–water partition coefficient (Wildman–Crippen LogP) is 9.14. The molecule has 0 radical (unpaired) electrons. The fraction of sp³-hybridized carbons (Fsp3) is 0.471. The zero-order valence-electron chi connectivity index (χ0n) is 38.6. The van der Waals surface area contributed by atoms with Crippen LogP contribution in [-0.2, 0) is 22.6 Å². The van der Waals surface area contributed by atoms with Crippen molar-refractivity contribution in [2.75, 3.05) is 46.3 Å². The van der Waals surface area contributed by atoms with Gasteiger partial charge in [0, 0.05) is 62.5 Å². The minimum atomic E-state index is -0.757. The summed E-state index contributed by atoms with van der Waals surface area (Å²) in [4.78, 5) is 56.7. The van der Waals surface area contributed by atoms with Gasteiger partial charge in [-0.1, -0.05) is 87.2 Å². The number of carbonyl (C=O) groups excluding carboxylic acids is 3. The largest absolute Gasteiger partial charge is 0.356 e. The van der Waals surface area contributed by atoms with Crippen LogP contribution in [0.15, 0.2) is 131 Å². The van der Waals surface area contributed by atoms with Crippen LogP contribution in [0.1, 0.15) is 96.6 Å². The Bertz CT molecular complexity index is 1890. The molecule has 0 spiro atoms. The molecule has 0 saturated carbocycles. The second kappa shape index (κ2) is 29.1. The first-order valence-electron chi connectivity index (χ1n) is 22.6. The highest BCUT2D eigenvalue weighted by molar-refractivity contribution is 6.04. The summed E-state index contributed by atoms with van der Waals surface area (Å²) in [6.07, 6.45) is 27.4. The summed E-state index contributed by atoms with van der Waals surface area (Å²) in [6.45, 7) is 20.5. The lowest BCUT2D eigenvalue weighted by Crippen LogP contribution is -2.50. The van der Waals surface area contributed by atoms with Crippen molar-refractivity contribution >= 4 is 30.3 Å². The lowest BCUT2D eigenvalue weighted by Gasteiger charge is -2.40. The summed E-state index contributed by atoms with van der Waals surface area (Å²) >= 11 is 0. The third kappa shape index (κ3) is 18.9. The molecule has 2 aliphatic heterocycles. The number of aliphatic imine (C=N–C) groups is 2. The van der Waals surface area contributed by atoms with Gasteiger partial charge in [-0.25, -0.2) is 9.18 Å². The first kappa shape index (κ1) is 52.0. The summed E-state index contributed by atoms with van der Waals surface area (Å²) in [7, 11) is 1.64. The number of halogens is 1. The van der Waals surface area contributed by atoms with E-state index in [1.807, 2.05) is 39.0 Å². The zero-order valence-corrected chi connectivity index (χ0v) is 38.6. The van der Waals surface area contributed by atoms with E-state index in [2.05, 4.69) is 68.6 Å². The van der Waals surface area contributed by atoms with Gasteiger partial charge in [0.25, 0.3) is 5.91 Å². The molecule has 1 atom stereocenters. The van der Waals surface area contributed by atoms with E-state index in [0.717, 1.165) is 43.9 Å². The molecule has 63 heavy (non-hydrogen) atoms. The van der Waals surface area contributed by atoms with Crippen molar-refractivity contribution in [2.45, 2.75) is 111 Å². The fourth-order valence-corrected chi connectivity index (χ4v) is 7.67. The minimum absolute atomic E-state index is 0.0740. The van der Waals surface area contributed by atoms with Crippen molar-refractivity contribution in [3.05, 3.63) is 132 Å². The quantitative estimate of drug-likeness (QED) is 0.0489. The van der Waals surface area contributed by atoms with E-state index in [9.17, 15) is 18.8 Å². The molecule has 0 aliphatic carbocycles. The Morgan fingerprint density at radius 3 is 2.35 bits per heavy atom. The van der Waals surface area contributed by atoms with Crippen LogP contribution in [0.3, 0.4) is 0 Å². The van der Waals surface area contributed by atoms with E-state index in [0.29, 0.717) is 37.2 Å². The van der Waals surface area contributed by atoms with E-state index >= 15 is 0 Å². The maximum absolute atomic E-state index is 14.2. The van der Waals surface area contributed by atoms with E-state index in [1.165, 1.54) is 85.5 Å². The molecule has 2 heterocycles. The number of hydrogen-bond donors (Lipinski definition) is 2. The Hall–Kier alpha value is -5.30. The number of rotatable bonds is 23. The molecule has 4 amide bonds. The Morgan fingerprint density at radius 2 is 1.71 bits per heavy atom. The number of likely N-dealkylation sites (tertiary alicyclic amines) is 2. The average Bonchev–Trinajstić information content (AvgIpc) is 3.29. The van der Waals surface area contributed by atoms with Crippen LogP contribution in [-0.4, -0.2) is 108 Å². The first-order chi connectivity index (χ1) is 30.4. The summed E-state index contributed by atoms with van der Waals surface area (Å²) in [5.41, 5.74) is 10.9. The highest BCUT2D eigenvalue weighted by Gasteiger charge is 2.32. The number of carbonyl (C=O) groups is 3. The number of benzene rings is 1. The van der Waals surface area contributed by atoms with Crippen LogP contribution in [0.5, 0.6) is 0 Å². The number of nitrogens with two attached hydrogens (primary N) is 1. The Morgan fingerprint density at radius 1 is 1.02 bits per heavy atom. The SMILES string of the molecule is C=C/C=C\C=C(/CN)N=CCC(=O)NCCCC(CC)N(C(=O)/C(C)=C/N=CC(=C)F)C(=O)N(C)/C(C)=C/C=C\C(=C/C)Cc1ccc(CN2CCC(N3CCCCC3)CC2)cc1. The average molecular weight is 865 g/mol. The van der Waals surface area contributed by atoms with Crippen LogP contribution < -0.4 is 11.1 Å². The van der Waals surface area contributed by atoms with Gasteiger partial charge in [-0.05, 0) is 127 Å². The van der Waals surface area contributed by atoms with Crippen LogP contribution in [0, 0.1) is 0 Å². The van der Waals surface area contributed by atoms with Crippen LogP contribution in [0.25, 0.3) is 0 Å². The van der Waals surface area contributed by atoms with Crippen molar-refractivity contribution in [3.8, 4) is 0 Å². The van der Waals surface area contributed by atoms with Gasteiger partial charge < -0.3 is 20.9 Å². The van der Waals surface area contributed by atoms with Gasteiger partial charge in [0.2, 0.25) is 5.91 Å². The van der Waals surface area contributed by atoms with Crippen molar-refractivity contribution in [3.63, 3.8) is 0 Å². The molecule has 0 aromatic heterocycles. The van der Waals surface area contributed by atoms with Gasteiger partial charge in [-0.3, -0.25) is 29.4 Å². The number of amides is 4. The number of piperidine rings is 2. The number of imide groups is 1. The molecule has 12 heteroatoms. The Balaban J connectivity index is 1.61. The number of nitrogens with one attached hydrogen (secondary N) is 1. The number of allylic oxidation sites excluding steroid dienone is 11. The maximum Gasteiger partial charge on any atom is 0.331 e. The van der Waals surface area contributed by atoms with Crippen molar-refractivity contribution < 1.29 is 18.8 Å². The van der Waals surface area contributed by atoms with E-state index < -0.39 is 23.8 Å². The molecule has 2 saturated heterocycles. The molecule has 2 fully saturated rings. The Labute approximate surface area is 377 Å². The van der Waals surface area contributed by atoms with Crippen molar-refractivity contribution in [2.24, 2.45) is 15.7 Å². The topological polar surface area (TPSA) is 127 Å². The van der Waals surface area contributed by atoms with Gasteiger partial charge in [0.05, 0.1) is 18.3 Å². The van der Waals surface area contributed by atoms with Crippen LogP contribution in [0.2, 0.25) is 0 Å². The summed E-state index contributed by atoms with van der Waals surface area (Å²) in [5.74, 6) is -1.51. The second-order valence-corrected chi connectivity index (χ2v) is 16.2. The fourth-order valence-electron chi connectivity index (χ4n) is 7.67. The smallest absolute Gasteiger partial charge is 0.331 e. The lowest BCUT2D eigenvalue weighted by molar-refractivity contribution is -0.126. The molecule has 342 valence electrons. The normalized spacial score (nSPS) is 17.3. The van der Waals surface area contributed by atoms with Gasteiger partial charge in [-0.15, -0.1) is 0 Å². The Kier molecular flexibility index (Phi) is 24.1. The second-order valence-electron chi connectivity index (χ2n) is 16.2. The molecule has 2 aliphatic rings. The van der Waals surface area contributed by atoms with Crippen molar-refractivity contribution in [1.82, 2.24) is 24.9 Å². The van der Waals surface area contributed by atoms with E-state index in [1.54, 1.807) is 31.4 Å². The predicted molar refractivity (Wildman–Crippen MR) is 259 cm³/mol. The molecule has 0 bridgehead atoms. The minimum Gasteiger partial charge on any atom is -0.356 e. The van der Waals surface area contributed by atoms with Gasteiger partial charge in [-0.2, -0.15) is 0 Å². The third-order valence-corrected chi connectivity index (χ3v) is 11.5.